The Hall–Kier alpha value is -2.15. The molecule has 0 aliphatic rings. The second-order valence-corrected chi connectivity index (χ2v) is 6.19. The molecule has 0 aliphatic heterocycles. The summed E-state index contributed by atoms with van der Waals surface area (Å²) in [6.07, 6.45) is 0. The van der Waals surface area contributed by atoms with Crippen LogP contribution < -0.4 is 5.32 Å². The van der Waals surface area contributed by atoms with Gasteiger partial charge in [0.1, 0.15) is 5.82 Å². The molecule has 0 saturated heterocycles. The zero-order chi connectivity index (χ0) is 17.9. The molecule has 24 heavy (non-hydrogen) atoms. The molecule has 0 unspecified atom stereocenters. The highest BCUT2D eigenvalue weighted by molar-refractivity contribution is 9.10. The molecular weight excluding hydrogens is 379 g/mol. The minimum Gasteiger partial charge on any atom is -0.452 e. The van der Waals surface area contributed by atoms with E-state index in [1.54, 1.807) is 12.1 Å². The van der Waals surface area contributed by atoms with Crippen LogP contribution in [0.3, 0.4) is 0 Å². The van der Waals surface area contributed by atoms with E-state index in [9.17, 15) is 14.0 Å². The number of benzene rings is 1. The Morgan fingerprint density at radius 3 is 2.58 bits per heavy atom. The zero-order valence-electron chi connectivity index (χ0n) is 13.7. The van der Waals surface area contributed by atoms with E-state index in [0.29, 0.717) is 10.0 Å². The fourth-order valence-corrected chi connectivity index (χ4v) is 2.81. The first-order chi connectivity index (χ1) is 11.3. The second-order valence-electron chi connectivity index (χ2n) is 5.28. The number of esters is 1. The molecule has 1 N–H and O–H groups in total. The lowest BCUT2D eigenvalue weighted by molar-refractivity contribution is -0.119. The van der Waals surface area contributed by atoms with Gasteiger partial charge < -0.3 is 14.6 Å². The van der Waals surface area contributed by atoms with Crippen molar-refractivity contribution in [2.75, 3.05) is 11.9 Å². The summed E-state index contributed by atoms with van der Waals surface area (Å²) >= 11 is 3.13. The molecule has 0 fully saturated rings. The minimum atomic E-state index is -0.603. The summed E-state index contributed by atoms with van der Waals surface area (Å²) in [5, 5.41) is 2.37. The summed E-state index contributed by atoms with van der Waals surface area (Å²) < 4.78 is 21.2. The standard InChI is InChI=1S/C17H18BrFN2O3/c1-4-21-10(2)7-13(11(21)3)17(23)24-9-16(22)20-15-6-5-12(18)8-14(15)19/h5-8H,4,9H2,1-3H3,(H,20,22). The summed E-state index contributed by atoms with van der Waals surface area (Å²) in [5.41, 5.74) is 2.20. The number of nitrogens with one attached hydrogen (secondary N) is 1. The Morgan fingerprint density at radius 2 is 2.00 bits per heavy atom. The topological polar surface area (TPSA) is 60.3 Å². The van der Waals surface area contributed by atoms with Crippen LogP contribution in [0.25, 0.3) is 0 Å². The molecule has 1 heterocycles. The first-order valence-electron chi connectivity index (χ1n) is 7.42. The quantitative estimate of drug-likeness (QED) is 0.781. The van der Waals surface area contributed by atoms with Crippen LogP contribution in [-0.2, 0) is 16.1 Å². The van der Waals surface area contributed by atoms with Crippen LogP contribution in [-0.4, -0.2) is 23.1 Å². The van der Waals surface area contributed by atoms with Crippen LogP contribution >= 0.6 is 15.9 Å². The molecule has 0 atom stereocenters. The third-order valence-corrected chi connectivity index (χ3v) is 4.14. The van der Waals surface area contributed by atoms with Crippen molar-refractivity contribution in [3.8, 4) is 0 Å². The van der Waals surface area contributed by atoms with Gasteiger partial charge >= 0.3 is 5.97 Å². The van der Waals surface area contributed by atoms with Crippen LogP contribution in [0.1, 0.15) is 28.7 Å². The number of aromatic nitrogens is 1. The maximum Gasteiger partial charge on any atom is 0.340 e. The van der Waals surface area contributed by atoms with Gasteiger partial charge in [-0.25, -0.2) is 9.18 Å². The van der Waals surface area contributed by atoms with Gasteiger partial charge in [-0.3, -0.25) is 4.79 Å². The predicted octanol–water partition coefficient (Wildman–Crippen LogP) is 3.82. The number of halogens is 2. The van der Waals surface area contributed by atoms with E-state index in [4.69, 9.17) is 4.74 Å². The Labute approximate surface area is 147 Å². The summed E-state index contributed by atoms with van der Waals surface area (Å²) in [7, 11) is 0. The smallest absolute Gasteiger partial charge is 0.340 e. The molecule has 1 amide bonds. The summed E-state index contributed by atoms with van der Waals surface area (Å²) in [5.74, 6) is -1.75. The molecule has 0 saturated carbocycles. The second kappa shape index (κ2) is 7.61. The van der Waals surface area contributed by atoms with Crippen molar-refractivity contribution in [1.82, 2.24) is 4.57 Å². The van der Waals surface area contributed by atoms with Gasteiger partial charge in [-0.15, -0.1) is 0 Å². The molecule has 128 valence electrons. The van der Waals surface area contributed by atoms with Crippen molar-refractivity contribution < 1.29 is 18.7 Å². The fourth-order valence-electron chi connectivity index (χ4n) is 2.48. The molecule has 5 nitrogen and oxygen atoms in total. The van der Waals surface area contributed by atoms with E-state index < -0.39 is 24.3 Å². The van der Waals surface area contributed by atoms with E-state index in [0.717, 1.165) is 17.9 Å². The van der Waals surface area contributed by atoms with Crippen molar-refractivity contribution in [2.24, 2.45) is 0 Å². The first-order valence-corrected chi connectivity index (χ1v) is 8.21. The van der Waals surface area contributed by atoms with Gasteiger partial charge in [0.2, 0.25) is 0 Å². The highest BCUT2D eigenvalue weighted by Gasteiger charge is 2.17. The average molecular weight is 397 g/mol. The van der Waals surface area contributed by atoms with Crippen LogP contribution in [0, 0.1) is 19.7 Å². The lowest BCUT2D eigenvalue weighted by atomic mass is 10.2. The average Bonchev–Trinajstić information content (AvgIpc) is 2.82. The Morgan fingerprint density at radius 1 is 1.29 bits per heavy atom. The van der Waals surface area contributed by atoms with E-state index in [-0.39, 0.29) is 5.69 Å². The Kier molecular flexibility index (Phi) is 5.77. The number of amides is 1. The van der Waals surface area contributed by atoms with Gasteiger partial charge in [0.25, 0.3) is 5.91 Å². The normalized spacial score (nSPS) is 10.5. The highest BCUT2D eigenvalue weighted by Crippen LogP contribution is 2.19. The molecule has 2 rings (SSSR count). The van der Waals surface area contributed by atoms with Crippen molar-refractivity contribution >= 4 is 33.5 Å². The van der Waals surface area contributed by atoms with Gasteiger partial charge in [0.15, 0.2) is 6.61 Å². The van der Waals surface area contributed by atoms with Crippen molar-refractivity contribution in [1.29, 1.82) is 0 Å². The third kappa shape index (κ3) is 4.03. The number of carbonyl (C=O) groups is 2. The molecule has 7 heteroatoms. The van der Waals surface area contributed by atoms with E-state index in [2.05, 4.69) is 21.2 Å². The number of hydrogen-bond donors (Lipinski definition) is 1. The maximum atomic E-state index is 13.7. The molecular formula is C17H18BrFN2O3. The monoisotopic (exact) mass is 396 g/mol. The van der Waals surface area contributed by atoms with Crippen LogP contribution in [0.15, 0.2) is 28.7 Å². The van der Waals surface area contributed by atoms with Crippen molar-refractivity contribution in [2.45, 2.75) is 27.3 Å². The molecule has 1 aromatic carbocycles. The number of aryl methyl sites for hydroxylation is 1. The molecule has 2 aromatic rings. The maximum absolute atomic E-state index is 13.7. The number of rotatable bonds is 5. The molecule has 0 radical (unpaired) electrons. The molecule has 1 aromatic heterocycles. The third-order valence-electron chi connectivity index (χ3n) is 3.65. The molecule has 0 bridgehead atoms. The molecule has 0 aliphatic carbocycles. The Bertz CT molecular complexity index is 786. The molecule has 0 spiro atoms. The largest absolute Gasteiger partial charge is 0.452 e. The highest BCUT2D eigenvalue weighted by atomic mass is 79.9. The van der Waals surface area contributed by atoms with E-state index >= 15 is 0 Å². The van der Waals surface area contributed by atoms with Gasteiger partial charge in [-0.2, -0.15) is 0 Å². The predicted molar refractivity (Wildman–Crippen MR) is 92.6 cm³/mol. The Balaban J connectivity index is 1.97. The SMILES string of the molecule is CCn1c(C)cc(C(=O)OCC(=O)Nc2ccc(Br)cc2F)c1C. The number of anilines is 1. The van der Waals surface area contributed by atoms with Crippen LogP contribution in [0.2, 0.25) is 0 Å². The van der Waals surface area contributed by atoms with Crippen LogP contribution in [0.4, 0.5) is 10.1 Å². The summed E-state index contributed by atoms with van der Waals surface area (Å²) in [6.45, 7) is 5.97. The first kappa shape index (κ1) is 18.2. The minimum absolute atomic E-state index is 0.0309. The lowest BCUT2D eigenvalue weighted by Crippen LogP contribution is -2.21. The summed E-state index contributed by atoms with van der Waals surface area (Å²) in [4.78, 5) is 23.9. The van der Waals surface area contributed by atoms with Gasteiger partial charge in [-0.1, -0.05) is 15.9 Å². The van der Waals surface area contributed by atoms with Gasteiger partial charge in [0.05, 0.1) is 11.3 Å². The fraction of sp³-hybridized carbons (Fsp3) is 0.294. The lowest BCUT2D eigenvalue weighted by Gasteiger charge is -2.08. The van der Waals surface area contributed by atoms with E-state index in [1.165, 1.54) is 12.1 Å². The zero-order valence-corrected chi connectivity index (χ0v) is 15.2. The number of nitrogens with zero attached hydrogens (tertiary/aromatic N) is 1. The number of ether oxygens (including phenoxy) is 1. The van der Waals surface area contributed by atoms with Crippen LogP contribution in [0.5, 0.6) is 0 Å². The number of hydrogen-bond acceptors (Lipinski definition) is 3. The van der Waals surface area contributed by atoms with Gasteiger partial charge in [-0.05, 0) is 45.0 Å². The summed E-state index contributed by atoms with van der Waals surface area (Å²) in [6, 6.07) is 5.99. The van der Waals surface area contributed by atoms with Crippen molar-refractivity contribution in [3.05, 3.63) is 51.5 Å². The number of carbonyl (C=O) groups excluding carboxylic acids is 2. The van der Waals surface area contributed by atoms with E-state index in [1.807, 2.05) is 25.3 Å². The van der Waals surface area contributed by atoms with Crippen molar-refractivity contribution in [3.63, 3.8) is 0 Å². The van der Waals surface area contributed by atoms with Gasteiger partial charge in [0, 0.05) is 22.4 Å².